The highest BCUT2D eigenvalue weighted by Crippen LogP contribution is 2.32. The largest absolute Gasteiger partial charge is 0.435 e. The van der Waals surface area contributed by atoms with E-state index in [0.29, 0.717) is 31.6 Å². The highest BCUT2D eigenvalue weighted by Gasteiger charge is 2.37. The average Bonchev–Trinajstić information content (AvgIpc) is 2.72. The lowest BCUT2D eigenvalue weighted by Gasteiger charge is -2.35. The smallest absolute Gasteiger partial charge is 0.390 e. The van der Waals surface area contributed by atoms with Gasteiger partial charge >= 0.3 is 6.18 Å². The van der Waals surface area contributed by atoms with Gasteiger partial charge in [0.1, 0.15) is 0 Å². The molecule has 1 amide bonds. The second kappa shape index (κ2) is 6.14. The molecule has 23 heavy (non-hydrogen) atoms. The van der Waals surface area contributed by atoms with Crippen LogP contribution in [0.15, 0.2) is 0 Å². The molecule has 1 aromatic rings. The van der Waals surface area contributed by atoms with Gasteiger partial charge in [-0.1, -0.05) is 0 Å². The molecule has 0 atom stereocenters. The second-order valence-corrected chi connectivity index (χ2v) is 6.41. The molecule has 0 aliphatic carbocycles. The Morgan fingerprint density at radius 2 is 1.87 bits per heavy atom. The first-order valence-corrected chi connectivity index (χ1v) is 7.62. The number of rotatable bonds is 3. The third-order valence-electron chi connectivity index (χ3n) is 4.51. The minimum Gasteiger partial charge on any atom is -0.390 e. The minimum atomic E-state index is -4.48. The molecule has 1 N–H and O–H groups in total. The van der Waals surface area contributed by atoms with Crippen molar-refractivity contribution in [1.82, 2.24) is 14.7 Å². The summed E-state index contributed by atoms with van der Waals surface area (Å²) in [6, 6.07) is 0. The van der Waals surface area contributed by atoms with Crippen LogP contribution < -0.4 is 0 Å². The molecular weight excluding hydrogens is 311 g/mol. The number of nitrogens with zero attached hydrogens (tertiary/aromatic N) is 3. The normalized spacial score (nSPS) is 18.3. The highest BCUT2D eigenvalue weighted by molar-refractivity contribution is 5.76. The van der Waals surface area contributed by atoms with Crippen LogP contribution in [0, 0.1) is 13.8 Å². The van der Waals surface area contributed by atoms with Gasteiger partial charge in [0.05, 0.1) is 5.60 Å². The van der Waals surface area contributed by atoms with Gasteiger partial charge in [-0.25, -0.2) is 0 Å². The summed E-state index contributed by atoms with van der Waals surface area (Å²) >= 11 is 0. The number of alkyl halides is 3. The van der Waals surface area contributed by atoms with E-state index in [0.717, 1.165) is 0 Å². The van der Waals surface area contributed by atoms with E-state index in [4.69, 9.17) is 0 Å². The summed E-state index contributed by atoms with van der Waals surface area (Å²) in [6.07, 6.45) is -3.36. The summed E-state index contributed by atoms with van der Waals surface area (Å²) in [6.45, 7) is 5.75. The lowest BCUT2D eigenvalue weighted by atomic mass is 9.94. The van der Waals surface area contributed by atoms with Crippen LogP contribution in [0.4, 0.5) is 13.2 Å². The van der Waals surface area contributed by atoms with Gasteiger partial charge in [-0.3, -0.25) is 9.48 Å². The fraction of sp³-hybridized carbons (Fsp3) is 0.733. The Kier molecular flexibility index (Phi) is 4.75. The van der Waals surface area contributed by atoms with Crippen LogP contribution in [-0.4, -0.2) is 44.4 Å². The predicted molar refractivity (Wildman–Crippen MR) is 77.8 cm³/mol. The molecule has 2 heterocycles. The summed E-state index contributed by atoms with van der Waals surface area (Å²) in [5.41, 5.74) is -1.12. The zero-order valence-electron chi connectivity index (χ0n) is 13.6. The van der Waals surface area contributed by atoms with Gasteiger partial charge in [0, 0.05) is 37.3 Å². The molecular formula is C15H22F3N3O2. The van der Waals surface area contributed by atoms with E-state index in [1.807, 2.05) is 0 Å². The van der Waals surface area contributed by atoms with Crippen molar-refractivity contribution in [2.75, 3.05) is 13.1 Å². The Morgan fingerprint density at radius 1 is 1.30 bits per heavy atom. The Balaban J connectivity index is 1.98. The third-order valence-corrected chi connectivity index (χ3v) is 4.51. The highest BCUT2D eigenvalue weighted by atomic mass is 19.4. The van der Waals surface area contributed by atoms with Crippen molar-refractivity contribution in [3.63, 3.8) is 0 Å². The summed E-state index contributed by atoms with van der Waals surface area (Å²) < 4.78 is 39.7. The predicted octanol–water partition coefficient (Wildman–Crippen LogP) is 2.28. The molecule has 1 aliphatic rings. The Morgan fingerprint density at radius 3 is 2.35 bits per heavy atom. The van der Waals surface area contributed by atoms with Gasteiger partial charge < -0.3 is 10.0 Å². The Labute approximate surface area is 133 Å². The number of carbonyl (C=O) groups excluding carboxylic acids is 1. The van der Waals surface area contributed by atoms with Gasteiger partial charge in [-0.15, -0.1) is 0 Å². The van der Waals surface area contributed by atoms with E-state index < -0.39 is 17.5 Å². The van der Waals surface area contributed by atoms with Crippen LogP contribution >= 0.6 is 0 Å². The number of aromatic nitrogens is 2. The number of likely N-dealkylation sites (tertiary alicyclic amines) is 1. The SMILES string of the molecule is Cc1c(C(F)(F)F)nn(CCC(=O)N2CCC(C)(O)CC2)c1C. The molecule has 0 spiro atoms. The fourth-order valence-electron chi connectivity index (χ4n) is 2.72. The Bertz CT molecular complexity index is 584. The number of carbonyl (C=O) groups is 1. The topological polar surface area (TPSA) is 58.4 Å². The summed E-state index contributed by atoms with van der Waals surface area (Å²) in [7, 11) is 0. The first-order chi connectivity index (χ1) is 10.5. The van der Waals surface area contributed by atoms with Crippen LogP contribution in [0.25, 0.3) is 0 Å². The molecule has 8 heteroatoms. The monoisotopic (exact) mass is 333 g/mol. The molecule has 0 radical (unpaired) electrons. The van der Waals surface area contributed by atoms with E-state index in [9.17, 15) is 23.1 Å². The first kappa shape index (κ1) is 17.8. The Hall–Kier alpha value is -1.57. The zero-order chi connectivity index (χ0) is 17.4. The first-order valence-electron chi connectivity index (χ1n) is 7.62. The van der Waals surface area contributed by atoms with Crippen molar-refractivity contribution in [2.24, 2.45) is 0 Å². The summed E-state index contributed by atoms with van der Waals surface area (Å²) in [5, 5.41) is 13.5. The van der Waals surface area contributed by atoms with Crippen molar-refractivity contribution in [2.45, 2.75) is 58.4 Å². The molecule has 1 aromatic heterocycles. The molecule has 0 aromatic carbocycles. The van der Waals surface area contributed by atoms with Gasteiger partial charge in [0.15, 0.2) is 5.69 Å². The van der Waals surface area contributed by atoms with Crippen molar-refractivity contribution in [1.29, 1.82) is 0 Å². The molecule has 130 valence electrons. The van der Waals surface area contributed by atoms with E-state index in [2.05, 4.69) is 5.10 Å². The fourth-order valence-corrected chi connectivity index (χ4v) is 2.72. The van der Waals surface area contributed by atoms with Crippen LogP contribution in [0.2, 0.25) is 0 Å². The number of piperidine rings is 1. The maximum Gasteiger partial charge on any atom is 0.435 e. The van der Waals surface area contributed by atoms with E-state index >= 15 is 0 Å². The van der Waals surface area contributed by atoms with Gasteiger partial charge in [0.25, 0.3) is 0 Å². The van der Waals surface area contributed by atoms with Crippen molar-refractivity contribution in [3.8, 4) is 0 Å². The minimum absolute atomic E-state index is 0.0963. The van der Waals surface area contributed by atoms with Crippen LogP contribution in [0.3, 0.4) is 0 Å². The maximum atomic E-state index is 12.8. The van der Waals surface area contributed by atoms with Gasteiger partial charge in [0.2, 0.25) is 5.91 Å². The van der Waals surface area contributed by atoms with Crippen LogP contribution in [0.1, 0.15) is 43.1 Å². The molecule has 1 fully saturated rings. The second-order valence-electron chi connectivity index (χ2n) is 6.41. The van der Waals surface area contributed by atoms with E-state index in [-0.39, 0.29) is 24.4 Å². The lowest BCUT2D eigenvalue weighted by Crippen LogP contribution is -2.45. The van der Waals surface area contributed by atoms with E-state index in [1.165, 1.54) is 11.6 Å². The van der Waals surface area contributed by atoms with Crippen molar-refractivity contribution >= 4 is 5.91 Å². The molecule has 5 nitrogen and oxygen atoms in total. The van der Waals surface area contributed by atoms with Crippen molar-refractivity contribution in [3.05, 3.63) is 17.0 Å². The molecule has 0 unspecified atom stereocenters. The number of aryl methyl sites for hydroxylation is 1. The van der Waals surface area contributed by atoms with Crippen molar-refractivity contribution < 1.29 is 23.1 Å². The quantitative estimate of drug-likeness (QED) is 0.923. The van der Waals surface area contributed by atoms with Crippen LogP contribution in [-0.2, 0) is 17.5 Å². The number of hydrogen-bond donors (Lipinski definition) is 1. The third kappa shape index (κ3) is 4.04. The number of amides is 1. The van der Waals surface area contributed by atoms with Gasteiger partial charge in [-0.2, -0.15) is 18.3 Å². The molecule has 2 rings (SSSR count). The molecule has 0 bridgehead atoms. The van der Waals surface area contributed by atoms with Gasteiger partial charge in [-0.05, 0) is 33.6 Å². The lowest BCUT2D eigenvalue weighted by molar-refractivity contribution is -0.141. The maximum absolute atomic E-state index is 12.8. The number of hydrogen-bond acceptors (Lipinski definition) is 3. The molecule has 1 saturated heterocycles. The summed E-state index contributed by atoms with van der Waals surface area (Å²) in [5.74, 6) is -0.124. The average molecular weight is 333 g/mol. The van der Waals surface area contributed by atoms with Crippen LogP contribution in [0.5, 0.6) is 0 Å². The number of aliphatic hydroxyl groups is 1. The molecule has 0 saturated carbocycles. The molecule has 1 aliphatic heterocycles. The van der Waals surface area contributed by atoms with E-state index in [1.54, 1.807) is 18.7 Å². The zero-order valence-corrected chi connectivity index (χ0v) is 13.6. The standard InChI is InChI=1S/C15H22F3N3O2/c1-10-11(2)21(19-13(10)15(16,17)18)7-4-12(22)20-8-5-14(3,23)6-9-20/h23H,4-9H2,1-3H3. The number of halogens is 3. The summed E-state index contributed by atoms with van der Waals surface area (Å²) in [4.78, 5) is 13.8.